The first-order valence-electron chi connectivity index (χ1n) is 10.1. The number of carboxylic acids is 1. The molecular formula is C23H29NO6. The molecule has 2 aliphatic heterocycles. The van der Waals surface area contributed by atoms with Crippen molar-refractivity contribution in [2.75, 3.05) is 27.3 Å². The zero-order valence-corrected chi connectivity index (χ0v) is 17.9. The number of piperidine rings is 1. The second-order valence-corrected chi connectivity index (χ2v) is 7.96. The van der Waals surface area contributed by atoms with Gasteiger partial charge in [0.05, 0.1) is 14.2 Å². The van der Waals surface area contributed by atoms with Gasteiger partial charge < -0.3 is 19.3 Å². The average molecular weight is 415 g/mol. The highest BCUT2D eigenvalue weighted by Gasteiger charge is 2.40. The number of carboxylic acid groups (broad SMARTS) is 1. The molecular weight excluding hydrogens is 386 g/mol. The number of carbonyl (C=O) groups is 2. The van der Waals surface area contributed by atoms with E-state index in [2.05, 4.69) is 11.0 Å². The second-order valence-electron chi connectivity index (χ2n) is 7.96. The first kappa shape index (κ1) is 21.9. The molecule has 1 aromatic carbocycles. The largest absolute Gasteiger partial charge is 0.493 e. The highest BCUT2D eigenvalue weighted by Crippen LogP contribution is 2.43. The van der Waals surface area contributed by atoms with E-state index in [0.29, 0.717) is 17.9 Å². The van der Waals surface area contributed by atoms with Crippen LogP contribution >= 0.6 is 0 Å². The topological polar surface area (TPSA) is 85.3 Å². The van der Waals surface area contributed by atoms with Crippen molar-refractivity contribution in [3.8, 4) is 11.5 Å². The van der Waals surface area contributed by atoms with Gasteiger partial charge in [-0.15, -0.1) is 0 Å². The summed E-state index contributed by atoms with van der Waals surface area (Å²) in [5.41, 5.74) is 3.53. The van der Waals surface area contributed by atoms with Crippen LogP contribution in [0, 0.1) is 5.92 Å². The number of methoxy groups -OCH3 is 2. The van der Waals surface area contributed by atoms with Gasteiger partial charge in [-0.2, -0.15) is 0 Å². The molecule has 0 radical (unpaired) electrons. The standard InChI is InChI=1S/C23H29NO6/c1-14(2)9-16-13-24-8-7-15-10-20(28-3)21(29-4)11-17(15)18(24)12-19(16)30-23(27)6-5-22(25)26/h5-6,9-11,16,18-19H,7-8,12-13H2,1-4H3,(H,25,26)/b6-5-/t16-,18-,19-/m1/s1. The maximum atomic E-state index is 12.2. The number of aliphatic carboxylic acids is 1. The van der Waals surface area contributed by atoms with E-state index < -0.39 is 11.9 Å². The number of allylic oxidation sites excluding steroid dienone is 1. The lowest BCUT2D eigenvalue weighted by Gasteiger charge is -2.46. The quantitative estimate of drug-likeness (QED) is 0.434. The summed E-state index contributed by atoms with van der Waals surface area (Å²) >= 11 is 0. The molecule has 0 unspecified atom stereocenters. The molecule has 3 rings (SSSR count). The first-order chi connectivity index (χ1) is 14.3. The minimum absolute atomic E-state index is 0.0510. The third kappa shape index (κ3) is 4.84. The summed E-state index contributed by atoms with van der Waals surface area (Å²) in [4.78, 5) is 25.3. The van der Waals surface area contributed by atoms with Gasteiger partial charge in [-0.05, 0) is 43.5 Å². The van der Waals surface area contributed by atoms with Crippen molar-refractivity contribution >= 4 is 11.9 Å². The van der Waals surface area contributed by atoms with Gasteiger partial charge in [-0.1, -0.05) is 11.6 Å². The molecule has 0 bridgehead atoms. The van der Waals surface area contributed by atoms with E-state index in [1.54, 1.807) is 14.2 Å². The highest BCUT2D eigenvalue weighted by molar-refractivity contribution is 5.90. The van der Waals surface area contributed by atoms with Gasteiger partial charge in [0.15, 0.2) is 11.5 Å². The Labute approximate surface area is 176 Å². The van der Waals surface area contributed by atoms with Crippen LogP contribution in [-0.4, -0.2) is 55.4 Å². The van der Waals surface area contributed by atoms with Crippen molar-refractivity contribution in [1.82, 2.24) is 4.90 Å². The third-order valence-electron chi connectivity index (χ3n) is 5.67. The highest BCUT2D eigenvalue weighted by atomic mass is 16.5. The van der Waals surface area contributed by atoms with E-state index in [4.69, 9.17) is 19.3 Å². The van der Waals surface area contributed by atoms with Gasteiger partial charge in [-0.3, -0.25) is 4.90 Å². The van der Waals surface area contributed by atoms with Crippen molar-refractivity contribution in [1.29, 1.82) is 0 Å². The fraction of sp³-hybridized carbons (Fsp3) is 0.478. The predicted octanol–water partition coefficient (Wildman–Crippen LogP) is 3.14. The summed E-state index contributed by atoms with van der Waals surface area (Å²) in [6.07, 6.45) is 5.12. The fourth-order valence-electron chi connectivity index (χ4n) is 4.41. The number of carbonyl (C=O) groups excluding carboxylic acids is 1. The number of nitrogens with zero attached hydrogens (tertiary/aromatic N) is 1. The Bertz CT molecular complexity index is 871. The van der Waals surface area contributed by atoms with Crippen LogP contribution in [0.25, 0.3) is 0 Å². The molecule has 7 heteroatoms. The Morgan fingerprint density at radius 1 is 1.13 bits per heavy atom. The fourth-order valence-corrected chi connectivity index (χ4v) is 4.41. The lowest BCUT2D eigenvalue weighted by Crippen LogP contribution is -2.48. The average Bonchev–Trinajstić information content (AvgIpc) is 2.71. The number of rotatable bonds is 6. The van der Waals surface area contributed by atoms with Crippen LogP contribution in [-0.2, 0) is 20.7 Å². The van der Waals surface area contributed by atoms with Gasteiger partial charge in [0.2, 0.25) is 0 Å². The predicted molar refractivity (Wildman–Crippen MR) is 112 cm³/mol. The lowest BCUT2D eigenvalue weighted by molar-refractivity contribution is -0.149. The van der Waals surface area contributed by atoms with Crippen LogP contribution in [0.5, 0.6) is 11.5 Å². The van der Waals surface area contributed by atoms with E-state index in [0.717, 1.165) is 42.8 Å². The van der Waals surface area contributed by atoms with Crippen LogP contribution in [0.2, 0.25) is 0 Å². The Morgan fingerprint density at radius 3 is 2.47 bits per heavy atom. The summed E-state index contributed by atoms with van der Waals surface area (Å²) in [5.74, 6) is -0.362. The number of hydrogen-bond donors (Lipinski definition) is 1. The molecule has 1 N–H and O–H groups in total. The number of hydrogen-bond acceptors (Lipinski definition) is 6. The third-order valence-corrected chi connectivity index (χ3v) is 5.67. The minimum atomic E-state index is -1.18. The molecule has 0 aliphatic carbocycles. The summed E-state index contributed by atoms with van der Waals surface area (Å²) in [7, 11) is 3.25. The van der Waals surface area contributed by atoms with Gasteiger partial charge in [-0.25, -0.2) is 9.59 Å². The van der Waals surface area contributed by atoms with Crippen LogP contribution < -0.4 is 9.47 Å². The van der Waals surface area contributed by atoms with Crippen molar-refractivity contribution in [3.63, 3.8) is 0 Å². The molecule has 2 aliphatic rings. The zero-order chi connectivity index (χ0) is 21.8. The van der Waals surface area contributed by atoms with Gasteiger partial charge in [0.25, 0.3) is 0 Å². The van der Waals surface area contributed by atoms with Gasteiger partial charge in [0.1, 0.15) is 6.10 Å². The molecule has 162 valence electrons. The maximum absolute atomic E-state index is 12.2. The van der Waals surface area contributed by atoms with Crippen molar-refractivity contribution in [2.24, 2.45) is 5.92 Å². The summed E-state index contributed by atoms with van der Waals surface area (Å²) < 4.78 is 16.7. The molecule has 30 heavy (non-hydrogen) atoms. The smallest absolute Gasteiger partial charge is 0.331 e. The van der Waals surface area contributed by atoms with Crippen molar-refractivity contribution < 1.29 is 28.9 Å². The molecule has 0 spiro atoms. The van der Waals surface area contributed by atoms with Crippen molar-refractivity contribution in [2.45, 2.75) is 38.8 Å². The number of benzene rings is 1. The normalized spacial score (nSPS) is 23.3. The molecule has 0 amide bonds. The van der Waals surface area contributed by atoms with Crippen LogP contribution in [0.15, 0.2) is 35.9 Å². The van der Waals surface area contributed by atoms with E-state index in [9.17, 15) is 9.59 Å². The monoisotopic (exact) mass is 415 g/mol. The van der Waals surface area contributed by atoms with Crippen LogP contribution in [0.3, 0.4) is 0 Å². The molecule has 0 saturated carbocycles. The van der Waals surface area contributed by atoms with E-state index in [-0.39, 0.29) is 18.1 Å². The Hall–Kier alpha value is -2.80. The van der Waals surface area contributed by atoms with E-state index in [1.165, 1.54) is 5.56 Å². The van der Waals surface area contributed by atoms with Crippen LogP contribution in [0.4, 0.5) is 0 Å². The molecule has 1 aromatic rings. The molecule has 2 heterocycles. The zero-order valence-electron chi connectivity index (χ0n) is 17.9. The van der Waals surface area contributed by atoms with E-state index in [1.807, 2.05) is 26.0 Å². The van der Waals surface area contributed by atoms with Gasteiger partial charge in [0, 0.05) is 43.6 Å². The summed E-state index contributed by atoms with van der Waals surface area (Å²) in [6, 6.07) is 4.15. The molecule has 7 nitrogen and oxygen atoms in total. The van der Waals surface area contributed by atoms with Crippen molar-refractivity contribution in [3.05, 3.63) is 47.1 Å². The van der Waals surface area contributed by atoms with Gasteiger partial charge >= 0.3 is 11.9 Å². The SMILES string of the molecule is COc1cc2c(cc1OC)[C@H]1C[C@@H](OC(=O)/C=C\C(=O)O)[C@H](C=C(C)C)CN1CC2. The maximum Gasteiger partial charge on any atom is 0.331 e. The lowest BCUT2D eigenvalue weighted by atomic mass is 9.81. The number of ether oxygens (including phenoxy) is 3. The summed E-state index contributed by atoms with van der Waals surface area (Å²) in [5, 5.41) is 8.76. The Balaban J connectivity index is 1.90. The number of esters is 1. The first-order valence-corrected chi connectivity index (χ1v) is 10.1. The molecule has 1 fully saturated rings. The minimum Gasteiger partial charge on any atom is -0.493 e. The Kier molecular flexibility index (Phi) is 6.82. The van der Waals surface area contributed by atoms with Crippen LogP contribution in [0.1, 0.15) is 37.4 Å². The number of fused-ring (bicyclic) bond motifs is 3. The second kappa shape index (κ2) is 9.34. The Morgan fingerprint density at radius 2 is 1.83 bits per heavy atom. The van der Waals surface area contributed by atoms with E-state index >= 15 is 0 Å². The summed E-state index contributed by atoms with van der Waals surface area (Å²) in [6.45, 7) is 5.74. The molecule has 0 aromatic heterocycles. The molecule has 3 atom stereocenters. The molecule has 1 saturated heterocycles.